The number of nitrogens with zero attached hydrogens (tertiary/aromatic N) is 4. The van der Waals surface area contributed by atoms with E-state index < -0.39 is 12.0 Å². The molecule has 1 N–H and O–H groups in total. The second kappa shape index (κ2) is 9.17. The van der Waals surface area contributed by atoms with Gasteiger partial charge in [0.1, 0.15) is 0 Å². The summed E-state index contributed by atoms with van der Waals surface area (Å²) in [5.74, 6) is -1.48. The maximum Gasteiger partial charge on any atom is 0.451 e. The van der Waals surface area contributed by atoms with E-state index in [2.05, 4.69) is 20.3 Å². The maximum absolute atomic E-state index is 13.0. The van der Waals surface area contributed by atoms with Crippen molar-refractivity contribution < 1.29 is 22.7 Å². The lowest BCUT2D eigenvalue weighted by Gasteiger charge is -2.34. The molecular weight excluding hydrogens is 423 g/mol. The Morgan fingerprint density at radius 1 is 1.16 bits per heavy atom. The quantitative estimate of drug-likeness (QED) is 0.650. The van der Waals surface area contributed by atoms with Gasteiger partial charge in [0, 0.05) is 54.2 Å². The lowest BCUT2D eigenvalue weighted by atomic mass is 10.1. The molecule has 3 aromatic rings. The zero-order valence-corrected chi connectivity index (χ0v) is 17.4. The smallest absolute Gasteiger partial charge is 0.379 e. The Hall–Kier alpha value is -3.11. The number of ether oxygens (including phenoxy) is 1. The van der Waals surface area contributed by atoms with Gasteiger partial charge in [0.15, 0.2) is 0 Å². The van der Waals surface area contributed by atoms with E-state index in [1.54, 1.807) is 12.1 Å². The minimum Gasteiger partial charge on any atom is -0.379 e. The third kappa shape index (κ3) is 4.86. The number of carbonyl (C=O) groups excluding carboxylic acids is 1. The van der Waals surface area contributed by atoms with E-state index in [9.17, 15) is 18.0 Å². The van der Waals surface area contributed by atoms with Crippen molar-refractivity contribution in [3.63, 3.8) is 0 Å². The molecule has 4 rings (SSSR count). The van der Waals surface area contributed by atoms with Crippen LogP contribution in [0.25, 0.3) is 10.9 Å². The average molecular weight is 445 g/mol. The second-order valence-electron chi connectivity index (χ2n) is 7.54. The maximum atomic E-state index is 13.0. The third-order valence-electron chi connectivity index (χ3n) is 5.37. The first kappa shape index (κ1) is 22.1. The van der Waals surface area contributed by atoms with Crippen molar-refractivity contribution in [3.8, 4) is 0 Å². The first-order valence-corrected chi connectivity index (χ1v) is 10.2. The minimum atomic E-state index is -4.61. The van der Waals surface area contributed by atoms with Gasteiger partial charge in [-0.25, -0.2) is 9.97 Å². The number of fused-ring (bicyclic) bond motifs is 1. The molecule has 32 heavy (non-hydrogen) atoms. The number of halogens is 3. The Morgan fingerprint density at radius 2 is 1.88 bits per heavy atom. The summed E-state index contributed by atoms with van der Waals surface area (Å²) in [5, 5.41) is 3.65. The number of aromatic nitrogens is 3. The van der Waals surface area contributed by atoms with E-state index in [4.69, 9.17) is 4.74 Å². The van der Waals surface area contributed by atoms with Gasteiger partial charge in [0.05, 0.1) is 24.8 Å². The summed E-state index contributed by atoms with van der Waals surface area (Å²) < 4.78 is 44.0. The van der Waals surface area contributed by atoms with E-state index in [0.717, 1.165) is 16.6 Å². The Balaban J connectivity index is 1.56. The summed E-state index contributed by atoms with van der Waals surface area (Å²) >= 11 is 0. The number of amides is 1. The minimum absolute atomic E-state index is 0.184. The number of carbonyl (C=O) groups is 1. The third-order valence-corrected chi connectivity index (χ3v) is 5.37. The molecule has 1 unspecified atom stereocenters. The van der Waals surface area contributed by atoms with E-state index in [1.165, 1.54) is 12.4 Å². The fourth-order valence-electron chi connectivity index (χ4n) is 3.74. The molecule has 0 aliphatic carbocycles. The molecule has 168 valence electrons. The summed E-state index contributed by atoms with van der Waals surface area (Å²) in [6, 6.07) is 8.65. The van der Waals surface area contributed by atoms with Crippen LogP contribution in [0.15, 0.2) is 42.7 Å². The van der Waals surface area contributed by atoms with E-state index in [1.807, 2.05) is 30.0 Å². The number of rotatable bonds is 5. The van der Waals surface area contributed by atoms with Gasteiger partial charge in [-0.2, -0.15) is 13.2 Å². The zero-order chi connectivity index (χ0) is 22.7. The van der Waals surface area contributed by atoms with Gasteiger partial charge < -0.3 is 10.1 Å². The van der Waals surface area contributed by atoms with Gasteiger partial charge in [0.25, 0.3) is 5.91 Å². The molecule has 1 aliphatic rings. The van der Waals surface area contributed by atoms with Gasteiger partial charge in [-0.15, -0.1) is 0 Å². The molecule has 1 atom stereocenters. The van der Waals surface area contributed by atoms with Crippen molar-refractivity contribution in [2.24, 2.45) is 0 Å². The molecule has 7 nitrogen and oxygen atoms in total. The lowest BCUT2D eigenvalue weighted by Crippen LogP contribution is -2.44. The van der Waals surface area contributed by atoms with Gasteiger partial charge >= 0.3 is 6.18 Å². The number of hydrogen-bond acceptors (Lipinski definition) is 6. The van der Waals surface area contributed by atoms with Gasteiger partial charge in [-0.1, -0.05) is 12.1 Å². The molecule has 0 saturated carbocycles. The highest BCUT2D eigenvalue weighted by Crippen LogP contribution is 2.27. The molecule has 1 aliphatic heterocycles. The Morgan fingerprint density at radius 3 is 2.56 bits per heavy atom. The molecule has 2 aromatic heterocycles. The van der Waals surface area contributed by atoms with Gasteiger partial charge in [0.2, 0.25) is 5.82 Å². The van der Waals surface area contributed by atoms with Gasteiger partial charge in [-0.05, 0) is 25.1 Å². The number of aryl methyl sites for hydroxylation is 1. The van der Waals surface area contributed by atoms with Crippen molar-refractivity contribution in [1.29, 1.82) is 0 Å². The van der Waals surface area contributed by atoms with Crippen LogP contribution in [0, 0.1) is 6.92 Å². The van der Waals surface area contributed by atoms with Gasteiger partial charge in [-0.3, -0.25) is 14.7 Å². The van der Waals surface area contributed by atoms with Crippen molar-refractivity contribution in [2.45, 2.75) is 19.1 Å². The molecule has 0 spiro atoms. The number of nitrogens with one attached hydrogen (secondary N) is 1. The van der Waals surface area contributed by atoms with Crippen LogP contribution in [0.1, 0.15) is 33.5 Å². The summed E-state index contributed by atoms with van der Waals surface area (Å²) in [7, 11) is 0. The predicted octanol–water partition coefficient (Wildman–Crippen LogP) is 3.16. The van der Waals surface area contributed by atoms with Crippen LogP contribution in [0.4, 0.5) is 13.2 Å². The number of hydrogen-bond donors (Lipinski definition) is 1. The van der Waals surface area contributed by atoms with E-state index in [0.29, 0.717) is 37.4 Å². The number of pyridine rings is 1. The van der Waals surface area contributed by atoms with Crippen molar-refractivity contribution >= 4 is 16.8 Å². The largest absolute Gasteiger partial charge is 0.451 e. The number of morpholine rings is 1. The van der Waals surface area contributed by atoms with Crippen LogP contribution in [0.3, 0.4) is 0 Å². The highest BCUT2D eigenvalue weighted by molar-refractivity contribution is 6.06. The van der Waals surface area contributed by atoms with Crippen molar-refractivity contribution in [3.05, 3.63) is 65.4 Å². The molecule has 10 heteroatoms. The van der Waals surface area contributed by atoms with E-state index in [-0.39, 0.29) is 18.5 Å². The molecule has 3 heterocycles. The molecule has 1 fully saturated rings. The second-order valence-corrected chi connectivity index (χ2v) is 7.54. The van der Waals surface area contributed by atoms with Crippen LogP contribution >= 0.6 is 0 Å². The average Bonchev–Trinajstić information content (AvgIpc) is 2.79. The molecule has 0 bridgehead atoms. The van der Waals surface area contributed by atoms with Crippen LogP contribution in [0.2, 0.25) is 0 Å². The summed E-state index contributed by atoms with van der Waals surface area (Å²) in [6.45, 7) is 4.23. The number of benzene rings is 1. The SMILES string of the molecule is Cc1ccc2c(C(=O)NCC(c3cnc(C(F)(F)F)nc3)N3CCOCC3)cccc2n1. The predicted molar refractivity (Wildman–Crippen MR) is 111 cm³/mol. The molecule has 1 aromatic carbocycles. The zero-order valence-electron chi connectivity index (χ0n) is 17.4. The van der Waals surface area contributed by atoms with Crippen LogP contribution in [-0.2, 0) is 10.9 Å². The highest BCUT2D eigenvalue weighted by atomic mass is 19.4. The fraction of sp³-hybridized carbons (Fsp3) is 0.364. The molecule has 1 amide bonds. The molecule has 1 saturated heterocycles. The van der Waals surface area contributed by atoms with Crippen molar-refractivity contribution in [2.75, 3.05) is 32.8 Å². The first-order chi connectivity index (χ1) is 15.3. The topological polar surface area (TPSA) is 80.2 Å². The summed E-state index contributed by atoms with van der Waals surface area (Å²) in [4.78, 5) is 26.5. The standard InChI is InChI=1S/C22H22F3N5O2/c1-14-5-6-16-17(3-2-4-18(16)29-14)20(31)26-13-19(30-7-9-32-10-8-30)15-11-27-21(28-12-15)22(23,24)25/h2-6,11-12,19H,7-10,13H2,1H3,(H,26,31). The highest BCUT2D eigenvalue weighted by Gasteiger charge is 2.35. The van der Waals surface area contributed by atoms with Crippen LogP contribution < -0.4 is 5.32 Å². The molecular formula is C22H22F3N5O2. The van der Waals surface area contributed by atoms with Crippen LogP contribution in [-0.4, -0.2) is 58.6 Å². The van der Waals surface area contributed by atoms with E-state index >= 15 is 0 Å². The fourth-order valence-corrected chi connectivity index (χ4v) is 3.74. The Labute approximate surface area is 182 Å². The monoisotopic (exact) mass is 445 g/mol. The first-order valence-electron chi connectivity index (χ1n) is 10.2. The number of alkyl halides is 3. The molecule has 0 radical (unpaired) electrons. The Kier molecular flexibility index (Phi) is 6.33. The summed E-state index contributed by atoms with van der Waals surface area (Å²) in [6.07, 6.45) is -2.26. The summed E-state index contributed by atoms with van der Waals surface area (Å²) in [5.41, 5.74) is 2.55. The lowest BCUT2D eigenvalue weighted by molar-refractivity contribution is -0.145. The normalized spacial score (nSPS) is 16.1. The Bertz CT molecular complexity index is 1100. The van der Waals surface area contributed by atoms with Crippen molar-refractivity contribution in [1.82, 2.24) is 25.2 Å². The van der Waals surface area contributed by atoms with Crippen LogP contribution in [0.5, 0.6) is 0 Å².